The van der Waals surface area contributed by atoms with Gasteiger partial charge >= 0.3 is 0 Å². The summed E-state index contributed by atoms with van der Waals surface area (Å²) in [5, 5.41) is 11.7. The second-order valence-electron chi connectivity index (χ2n) is 8.15. The van der Waals surface area contributed by atoms with Gasteiger partial charge in [0.05, 0.1) is 19.5 Å². The Morgan fingerprint density at radius 3 is 2.34 bits per heavy atom. The van der Waals surface area contributed by atoms with E-state index in [9.17, 15) is 4.79 Å². The second-order valence-corrected chi connectivity index (χ2v) is 8.15. The third-order valence-electron chi connectivity index (χ3n) is 6.12. The minimum absolute atomic E-state index is 0.000482. The molecule has 1 amide bonds. The van der Waals surface area contributed by atoms with Crippen LogP contribution in [0.15, 0.2) is 59.2 Å². The molecule has 2 aliphatic rings. The fraction of sp³-hybridized carbons (Fsp3) is 0.375. The number of morpholine rings is 1. The van der Waals surface area contributed by atoms with Crippen molar-refractivity contribution in [2.24, 2.45) is 5.92 Å². The zero-order valence-electron chi connectivity index (χ0n) is 17.9. The van der Waals surface area contributed by atoms with Gasteiger partial charge in [0.1, 0.15) is 5.69 Å². The van der Waals surface area contributed by atoms with Crippen molar-refractivity contribution >= 4 is 23.1 Å². The first kappa shape index (κ1) is 20.5. The number of aromatic nitrogens is 2. The summed E-state index contributed by atoms with van der Waals surface area (Å²) in [5.41, 5.74) is 2.72. The average Bonchev–Trinajstić information content (AvgIpc) is 3.40. The molecule has 8 heteroatoms. The van der Waals surface area contributed by atoms with Crippen LogP contribution in [-0.2, 0) is 9.53 Å². The highest BCUT2D eigenvalue weighted by Gasteiger charge is 2.26. The van der Waals surface area contributed by atoms with Crippen LogP contribution in [0.5, 0.6) is 0 Å². The van der Waals surface area contributed by atoms with E-state index in [1.165, 1.54) is 5.69 Å². The minimum atomic E-state index is 0.000482. The highest BCUT2D eigenvalue weighted by atomic mass is 16.5. The number of nitrogens with zero attached hydrogens (tertiary/aromatic N) is 4. The number of carbonyl (C=O) groups excluding carboxylic acids is 1. The quantitative estimate of drug-likeness (QED) is 0.660. The molecular weight excluding hydrogens is 406 g/mol. The highest BCUT2D eigenvalue weighted by Crippen LogP contribution is 2.25. The SMILES string of the molecule is O=C(Nc1ccc(N2CCOCC2)cc1)C1CCN(c2ccc(-c3ccco3)nn2)CC1. The topological polar surface area (TPSA) is 83.7 Å². The van der Waals surface area contributed by atoms with Gasteiger partial charge in [0.15, 0.2) is 11.6 Å². The lowest BCUT2D eigenvalue weighted by Gasteiger charge is -2.32. The molecule has 0 bridgehead atoms. The maximum Gasteiger partial charge on any atom is 0.227 e. The van der Waals surface area contributed by atoms with Gasteiger partial charge in [0.25, 0.3) is 0 Å². The number of anilines is 3. The smallest absolute Gasteiger partial charge is 0.227 e. The van der Waals surface area contributed by atoms with Crippen molar-refractivity contribution in [2.75, 3.05) is 54.5 Å². The molecular formula is C24H27N5O3. The number of benzene rings is 1. The van der Waals surface area contributed by atoms with E-state index in [1.807, 2.05) is 36.4 Å². The molecule has 3 aromatic rings. The molecule has 0 spiro atoms. The molecule has 0 radical (unpaired) electrons. The maximum absolute atomic E-state index is 12.8. The summed E-state index contributed by atoms with van der Waals surface area (Å²) in [6.07, 6.45) is 3.21. The zero-order chi connectivity index (χ0) is 21.8. The van der Waals surface area contributed by atoms with Gasteiger partial charge in [0.2, 0.25) is 5.91 Å². The molecule has 4 heterocycles. The summed E-state index contributed by atoms with van der Waals surface area (Å²) >= 11 is 0. The van der Waals surface area contributed by atoms with Crippen LogP contribution < -0.4 is 15.1 Å². The number of carbonyl (C=O) groups is 1. The van der Waals surface area contributed by atoms with Crippen LogP contribution in [0, 0.1) is 5.92 Å². The standard InChI is InChI=1S/C24H27N5O3/c30-24(25-19-3-5-20(6-4-19)28-13-16-31-17-14-28)18-9-11-29(12-10-18)23-8-7-21(26-27-23)22-2-1-15-32-22/h1-8,15,18H,9-14,16-17H2,(H,25,30). The molecule has 0 saturated carbocycles. The third kappa shape index (κ3) is 4.60. The second kappa shape index (κ2) is 9.40. The Kier molecular flexibility index (Phi) is 6.02. The first-order valence-corrected chi connectivity index (χ1v) is 11.1. The Bertz CT molecular complexity index is 1010. The van der Waals surface area contributed by atoms with Crippen molar-refractivity contribution in [3.05, 3.63) is 54.8 Å². The van der Waals surface area contributed by atoms with E-state index in [0.717, 1.165) is 63.7 Å². The van der Waals surface area contributed by atoms with E-state index in [-0.39, 0.29) is 11.8 Å². The van der Waals surface area contributed by atoms with E-state index >= 15 is 0 Å². The molecule has 2 fully saturated rings. The van der Waals surface area contributed by atoms with Crippen LogP contribution in [0.3, 0.4) is 0 Å². The molecule has 8 nitrogen and oxygen atoms in total. The van der Waals surface area contributed by atoms with Gasteiger partial charge in [0, 0.05) is 43.5 Å². The van der Waals surface area contributed by atoms with Gasteiger partial charge in [-0.2, -0.15) is 0 Å². The predicted octanol–water partition coefficient (Wildman–Crippen LogP) is 3.43. The lowest BCUT2D eigenvalue weighted by Crippen LogP contribution is -2.38. The van der Waals surface area contributed by atoms with Gasteiger partial charge in [-0.25, -0.2) is 0 Å². The largest absolute Gasteiger partial charge is 0.463 e. The molecule has 32 heavy (non-hydrogen) atoms. The third-order valence-corrected chi connectivity index (χ3v) is 6.12. The van der Waals surface area contributed by atoms with Crippen LogP contribution in [0.2, 0.25) is 0 Å². The first-order valence-electron chi connectivity index (χ1n) is 11.1. The molecule has 1 aromatic carbocycles. The number of nitrogens with one attached hydrogen (secondary N) is 1. The van der Waals surface area contributed by atoms with Crippen LogP contribution in [0.25, 0.3) is 11.5 Å². The first-order chi connectivity index (χ1) is 15.8. The number of ether oxygens (including phenoxy) is 1. The summed E-state index contributed by atoms with van der Waals surface area (Å²) in [7, 11) is 0. The molecule has 166 valence electrons. The van der Waals surface area contributed by atoms with Crippen molar-refractivity contribution in [1.82, 2.24) is 10.2 Å². The van der Waals surface area contributed by atoms with E-state index in [1.54, 1.807) is 6.26 Å². The van der Waals surface area contributed by atoms with E-state index in [2.05, 4.69) is 37.4 Å². The summed E-state index contributed by atoms with van der Waals surface area (Å²) in [6, 6.07) is 15.7. The van der Waals surface area contributed by atoms with E-state index in [4.69, 9.17) is 9.15 Å². The molecule has 0 unspecified atom stereocenters. The Labute approximate surface area is 187 Å². The maximum atomic E-state index is 12.8. The van der Waals surface area contributed by atoms with Crippen molar-refractivity contribution in [3.63, 3.8) is 0 Å². The number of piperidine rings is 1. The Morgan fingerprint density at radius 2 is 1.69 bits per heavy atom. The molecule has 0 aliphatic carbocycles. The van der Waals surface area contributed by atoms with Gasteiger partial charge < -0.3 is 24.3 Å². The molecule has 2 saturated heterocycles. The summed E-state index contributed by atoms with van der Waals surface area (Å²) in [4.78, 5) is 17.3. The van der Waals surface area contributed by atoms with Gasteiger partial charge in [-0.05, 0) is 61.4 Å². The number of rotatable bonds is 5. The lowest BCUT2D eigenvalue weighted by molar-refractivity contribution is -0.120. The minimum Gasteiger partial charge on any atom is -0.463 e. The van der Waals surface area contributed by atoms with Gasteiger partial charge in [-0.3, -0.25) is 4.79 Å². The van der Waals surface area contributed by atoms with Gasteiger partial charge in [-0.15, -0.1) is 10.2 Å². The highest BCUT2D eigenvalue weighted by molar-refractivity contribution is 5.92. The fourth-order valence-corrected chi connectivity index (χ4v) is 4.24. The van der Waals surface area contributed by atoms with Gasteiger partial charge in [-0.1, -0.05) is 0 Å². The van der Waals surface area contributed by atoms with Crippen LogP contribution in [-0.4, -0.2) is 55.5 Å². The monoisotopic (exact) mass is 433 g/mol. The lowest BCUT2D eigenvalue weighted by atomic mass is 9.96. The molecule has 1 N–H and O–H groups in total. The van der Waals surface area contributed by atoms with Crippen molar-refractivity contribution in [3.8, 4) is 11.5 Å². The van der Waals surface area contributed by atoms with Crippen molar-refractivity contribution in [2.45, 2.75) is 12.8 Å². The molecule has 2 aromatic heterocycles. The fourth-order valence-electron chi connectivity index (χ4n) is 4.24. The zero-order valence-corrected chi connectivity index (χ0v) is 17.9. The van der Waals surface area contributed by atoms with Crippen molar-refractivity contribution < 1.29 is 13.9 Å². The Balaban J connectivity index is 1.13. The Morgan fingerprint density at radius 1 is 0.906 bits per heavy atom. The summed E-state index contributed by atoms with van der Waals surface area (Å²) in [6.45, 7) is 4.89. The van der Waals surface area contributed by atoms with Crippen LogP contribution in [0.4, 0.5) is 17.2 Å². The number of amides is 1. The molecule has 2 aliphatic heterocycles. The Hall–Kier alpha value is -3.39. The van der Waals surface area contributed by atoms with E-state index in [0.29, 0.717) is 11.5 Å². The van der Waals surface area contributed by atoms with Crippen LogP contribution >= 0.6 is 0 Å². The summed E-state index contributed by atoms with van der Waals surface area (Å²) in [5.74, 6) is 1.62. The van der Waals surface area contributed by atoms with Crippen LogP contribution in [0.1, 0.15) is 12.8 Å². The molecule has 5 rings (SSSR count). The van der Waals surface area contributed by atoms with Crippen molar-refractivity contribution in [1.29, 1.82) is 0 Å². The summed E-state index contributed by atoms with van der Waals surface area (Å²) < 4.78 is 10.8. The number of hydrogen-bond acceptors (Lipinski definition) is 7. The van der Waals surface area contributed by atoms with E-state index < -0.39 is 0 Å². The molecule has 0 atom stereocenters. The predicted molar refractivity (Wildman–Crippen MR) is 123 cm³/mol. The number of hydrogen-bond donors (Lipinski definition) is 1. The number of furan rings is 1. The normalized spacial score (nSPS) is 17.4. The average molecular weight is 434 g/mol.